The van der Waals surface area contributed by atoms with Crippen molar-refractivity contribution in [1.82, 2.24) is 10.6 Å². The average molecular weight is 433 g/mol. The molecule has 162 valence electrons. The molecular weight excluding hydrogens is 404 g/mol. The smallest absolute Gasteiger partial charge is 0.242 e. The van der Waals surface area contributed by atoms with Crippen molar-refractivity contribution in [2.45, 2.75) is 52.8 Å². The molecule has 6 nitrogen and oxygen atoms in total. The molecule has 2 aromatic rings. The lowest BCUT2D eigenvalue weighted by atomic mass is 10.0. The quantitative estimate of drug-likeness (QED) is 0.549. The number of halogens is 1. The van der Waals surface area contributed by atoms with Crippen LogP contribution in [0.5, 0.6) is 11.5 Å². The molecule has 2 atom stereocenters. The molecule has 0 heterocycles. The number of rotatable bonds is 9. The lowest BCUT2D eigenvalue weighted by molar-refractivity contribution is -0.128. The van der Waals surface area contributed by atoms with Crippen molar-refractivity contribution in [3.8, 4) is 11.5 Å². The first-order valence-corrected chi connectivity index (χ1v) is 10.3. The second-order valence-electron chi connectivity index (χ2n) is 7.71. The summed E-state index contributed by atoms with van der Waals surface area (Å²) in [5.74, 6) is 0.953. The van der Waals surface area contributed by atoms with Crippen LogP contribution in [-0.4, -0.2) is 23.0 Å². The normalized spacial score (nSPS) is 12.9. The van der Waals surface area contributed by atoms with Gasteiger partial charge in [0, 0.05) is 13.5 Å². The van der Waals surface area contributed by atoms with Gasteiger partial charge in [0.2, 0.25) is 11.8 Å². The van der Waals surface area contributed by atoms with Gasteiger partial charge < -0.3 is 20.5 Å². The van der Waals surface area contributed by atoms with Gasteiger partial charge in [-0.05, 0) is 54.7 Å². The maximum Gasteiger partial charge on any atom is 0.242 e. The molecule has 3 N–H and O–H groups in total. The second kappa shape index (κ2) is 11.0. The Kier molecular flexibility index (Phi) is 8.69. The lowest BCUT2D eigenvalue weighted by Crippen LogP contribution is -2.46. The molecule has 7 heteroatoms. The molecule has 0 fully saturated rings. The van der Waals surface area contributed by atoms with E-state index in [0.29, 0.717) is 35.1 Å². The lowest BCUT2D eigenvalue weighted by Gasteiger charge is -2.19. The number of hydrogen-bond acceptors (Lipinski definition) is 4. The molecule has 0 aliphatic heterocycles. The number of nitrogens with one attached hydrogen (secondary N) is 2. The molecular formula is C23H29ClN2O4. The van der Waals surface area contributed by atoms with E-state index in [-0.39, 0.29) is 17.7 Å². The third kappa shape index (κ3) is 7.35. The highest BCUT2D eigenvalue weighted by Crippen LogP contribution is 2.31. The number of amides is 2. The van der Waals surface area contributed by atoms with Crippen LogP contribution < -0.4 is 15.4 Å². The first-order chi connectivity index (χ1) is 14.2. The van der Waals surface area contributed by atoms with E-state index in [4.69, 9.17) is 16.3 Å². The fraction of sp³-hybridized carbons (Fsp3) is 0.391. The van der Waals surface area contributed by atoms with Gasteiger partial charge in [0.15, 0.2) is 0 Å². The van der Waals surface area contributed by atoms with Crippen LogP contribution in [0.4, 0.5) is 0 Å². The van der Waals surface area contributed by atoms with E-state index >= 15 is 0 Å². The third-order valence-electron chi connectivity index (χ3n) is 4.46. The summed E-state index contributed by atoms with van der Waals surface area (Å²) in [5, 5.41) is 15.6. The maximum absolute atomic E-state index is 12.4. The summed E-state index contributed by atoms with van der Waals surface area (Å²) >= 11 is 6.23. The van der Waals surface area contributed by atoms with Gasteiger partial charge in [0.25, 0.3) is 0 Å². The molecule has 1 unspecified atom stereocenters. The summed E-state index contributed by atoms with van der Waals surface area (Å²) in [6, 6.07) is 11.9. The summed E-state index contributed by atoms with van der Waals surface area (Å²) in [5.41, 5.74) is 1.62. The van der Waals surface area contributed by atoms with Crippen LogP contribution in [0.1, 0.15) is 51.3 Å². The average Bonchev–Trinajstić information content (AvgIpc) is 2.67. The Morgan fingerprint density at radius 3 is 2.30 bits per heavy atom. The molecule has 0 aliphatic rings. The minimum atomic E-state index is -0.600. The van der Waals surface area contributed by atoms with Crippen LogP contribution in [0, 0.1) is 5.92 Å². The van der Waals surface area contributed by atoms with Crippen LogP contribution in [0.2, 0.25) is 5.02 Å². The zero-order valence-corrected chi connectivity index (χ0v) is 18.5. The molecule has 30 heavy (non-hydrogen) atoms. The Labute approximate surface area is 182 Å². The predicted molar refractivity (Wildman–Crippen MR) is 118 cm³/mol. The number of carbonyl (C=O) groups excluding carboxylic acids is 2. The van der Waals surface area contributed by atoms with Crippen molar-refractivity contribution < 1.29 is 19.4 Å². The van der Waals surface area contributed by atoms with Crippen LogP contribution in [0.3, 0.4) is 0 Å². The van der Waals surface area contributed by atoms with E-state index in [1.807, 2.05) is 26.0 Å². The summed E-state index contributed by atoms with van der Waals surface area (Å²) in [6.45, 7) is 7.43. The van der Waals surface area contributed by atoms with Gasteiger partial charge in [-0.2, -0.15) is 0 Å². The number of hydrogen-bond donors (Lipinski definition) is 3. The fourth-order valence-electron chi connectivity index (χ4n) is 2.92. The van der Waals surface area contributed by atoms with Crippen molar-refractivity contribution in [2.75, 3.05) is 0 Å². The van der Waals surface area contributed by atoms with Gasteiger partial charge in [0.05, 0.1) is 11.1 Å². The standard InChI is InChI=1S/C23H29ClN2O4/c1-14(2)11-21(26-16(4)28)23(29)25-13-17-5-8-19(9-6-17)30-22-10-7-18(15(3)27)12-20(22)24/h5-10,12,14-15,21,27H,11,13H2,1-4H3,(H,25,29)(H,26,28)/t15?,21-/m1/s1. The number of ether oxygens (including phenoxy) is 1. The van der Waals surface area contributed by atoms with Crippen LogP contribution in [-0.2, 0) is 16.1 Å². The van der Waals surface area contributed by atoms with Gasteiger partial charge in [-0.25, -0.2) is 0 Å². The van der Waals surface area contributed by atoms with Crippen LogP contribution in [0.15, 0.2) is 42.5 Å². The van der Waals surface area contributed by atoms with Crippen molar-refractivity contribution in [3.05, 3.63) is 58.6 Å². The highest BCUT2D eigenvalue weighted by Gasteiger charge is 2.20. The maximum atomic E-state index is 12.4. The van der Waals surface area contributed by atoms with Crippen molar-refractivity contribution >= 4 is 23.4 Å². The summed E-state index contributed by atoms with van der Waals surface area (Å²) in [6.07, 6.45) is -0.0240. The largest absolute Gasteiger partial charge is 0.456 e. The number of aliphatic hydroxyl groups excluding tert-OH is 1. The zero-order chi connectivity index (χ0) is 22.3. The molecule has 0 spiro atoms. The Bertz CT molecular complexity index is 866. The Hall–Kier alpha value is -2.57. The highest BCUT2D eigenvalue weighted by molar-refractivity contribution is 6.32. The van der Waals surface area contributed by atoms with Gasteiger partial charge in [-0.15, -0.1) is 0 Å². The van der Waals surface area contributed by atoms with Gasteiger partial charge in [0.1, 0.15) is 17.5 Å². The molecule has 2 amide bonds. The Balaban J connectivity index is 1.95. The fourth-order valence-corrected chi connectivity index (χ4v) is 3.15. The molecule has 2 aromatic carbocycles. The Morgan fingerprint density at radius 1 is 1.10 bits per heavy atom. The molecule has 0 aromatic heterocycles. The molecule has 2 rings (SSSR count). The minimum absolute atomic E-state index is 0.204. The van der Waals surface area contributed by atoms with Gasteiger partial charge in [-0.1, -0.05) is 43.6 Å². The van der Waals surface area contributed by atoms with Gasteiger partial charge >= 0.3 is 0 Å². The summed E-state index contributed by atoms with van der Waals surface area (Å²) in [4.78, 5) is 23.8. The highest BCUT2D eigenvalue weighted by atomic mass is 35.5. The SMILES string of the molecule is CC(=O)N[C@H](CC(C)C)C(=O)NCc1ccc(Oc2ccc(C(C)O)cc2Cl)cc1. The monoisotopic (exact) mass is 432 g/mol. The molecule has 0 saturated heterocycles. The van der Waals surface area contributed by atoms with E-state index in [0.717, 1.165) is 5.56 Å². The van der Waals surface area contributed by atoms with E-state index < -0.39 is 12.1 Å². The van der Waals surface area contributed by atoms with E-state index in [1.54, 1.807) is 37.3 Å². The summed E-state index contributed by atoms with van der Waals surface area (Å²) < 4.78 is 5.80. The van der Waals surface area contributed by atoms with E-state index in [1.165, 1.54) is 6.92 Å². The molecule has 0 saturated carbocycles. The molecule has 0 bridgehead atoms. The Morgan fingerprint density at radius 2 is 1.77 bits per heavy atom. The van der Waals surface area contributed by atoms with E-state index in [2.05, 4.69) is 10.6 Å². The number of carbonyl (C=O) groups is 2. The summed E-state index contributed by atoms with van der Waals surface area (Å²) in [7, 11) is 0. The number of aliphatic hydroxyl groups is 1. The van der Waals surface area contributed by atoms with Crippen molar-refractivity contribution in [2.24, 2.45) is 5.92 Å². The van der Waals surface area contributed by atoms with Crippen LogP contribution >= 0.6 is 11.6 Å². The first-order valence-electron chi connectivity index (χ1n) is 9.94. The third-order valence-corrected chi connectivity index (χ3v) is 4.75. The predicted octanol–water partition coefficient (Wildman–Crippen LogP) is 4.35. The van der Waals surface area contributed by atoms with Gasteiger partial charge in [-0.3, -0.25) is 9.59 Å². The number of benzene rings is 2. The minimum Gasteiger partial charge on any atom is -0.456 e. The van der Waals surface area contributed by atoms with Crippen LogP contribution in [0.25, 0.3) is 0 Å². The second-order valence-corrected chi connectivity index (χ2v) is 8.12. The van der Waals surface area contributed by atoms with Crippen molar-refractivity contribution in [3.63, 3.8) is 0 Å². The molecule has 0 radical (unpaired) electrons. The van der Waals surface area contributed by atoms with E-state index in [9.17, 15) is 14.7 Å². The first kappa shape index (κ1) is 23.7. The molecule has 0 aliphatic carbocycles. The zero-order valence-electron chi connectivity index (χ0n) is 17.7. The van der Waals surface area contributed by atoms with Crippen molar-refractivity contribution in [1.29, 1.82) is 0 Å². The topological polar surface area (TPSA) is 87.7 Å².